The topological polar surface area (TPSA) is 29.5 Å². The van der Waals surface area contributed by atoms with Crippen molar-refractivity contribution in [2.75, 3.05) is 13.2 Å². The van der Waals surface area contributed by atoms with E-state index < -0.39 is 0 Å². The summed E-state index contributed by atoms with van der Waals surface area (Å²) < 4.78 is 5.87. The van der Waals surface area contributed by atoms with Gasteiger partial charge in [-0.3, -0.25) is 0 Å². The molecule has 0 unspecified atom stereocenters. The third-order valence-electron chi connectivity index (χ3n) is 5.90. The van der Waals surface area contributed by atoms with Crippen molar-refractivity contribution in [3.05, 3.63) is 23.3 Å². The standard InChI is InChI=1S/C15H20O2/c1-8-10-3-13(10)15(2)5-14-11(4-12(8)15)9(6-16)7-17-14/h10,12-14,16H,1,3-7H2,2H3/t10-,12+,13-,14-,15-/m1/s1. The molecular formula is C15H20O2. The zero-order valence-electron chi connectivity index (χ0n) is 10.4. The Bertz CT molecular complexity index is 436. The van der Waals surface area contributed by atoms with E-state index in [0.29, 0.717) is 24.0 Å². The maximum absolute atomic E-state index is 9.38. The van der Waals surface area contributed by atoms with Gasteiger partial charge in [-0.05, 0) is 53.6 Å². The maximum Gasteiger partial charge on any atom is 0.0799 e. The molecule has 0 amide bonds. The second-order valence-electron chi connectivity index (χ2n) is 6.58. The Hall–Kier alpha value is -0.600. The lowest BCUT2D eigenvalue weighted by atomic mass is 9.63. The molecule has 3 aliphatic carbocycles. The van der Waals surface area contributed by atoms with Crippen molar-refractivity contribution in [3.63, 3.8) is 0 Å². The van der Waals surface area contributed by atoms with Crippen molar-refractivity contribution in [3.8, 4) is 0 Å². The number of aliphatic hydroxyl groups is 1. The largest absolute Gasteiger partial charge is 0.392 e. The molecule has 0 radical (unpaired) electrons. The van der Waals surface area contributed by atoms with Crippen LogP contribution in [0.1, 0.15) is 26.2 Å². The van der Waals surface area contributed by atoms with Crippen LogP contribution in [-0.4, -0.2) is 24.4 Å². The number of rotatable bonds is 1. The number of hydrogen-bond acceptors (Lipinski definition) is 2. The number of aliphatic hydroxyl groups excluding tert-OH is 1. The Morgan fingerprint density at radius 1 is 1.53 bits per heavy atom. The maximum atomic E-state index is 9.38. The van der Waals surface area contributed by atoms with Crippen LogP contribution in [0.5, 0.6) is 0 Å². The molecule has 1 heterocycles. The molecule has 0 aromatic rings. The molecule has 0 spiro atoms. The Balaban J connectivity index is 1.73. The molecule has 1 N–H and O–H groups in total. The van der Waals surface area contributed by atoms with Crippen LogP contribution in [0.15, 0.2) is 23.3 Å². The number of hydrogen-bond donors (Lipinski definition) is 1. The molecule has 2 heteroatoms. The molecule has 3 saturated carbocycles. The second-order valence-corrected chi connectivity index (χ2v) is 6.58. The molecule has 0 aromatic carbocycles. The van der Waals surface area contributed by atoms with Gasteiger partial charge in [-0.25, -0.2) is 0 Å². The SMILES string of the molecule is C=C1[C@H]2C[C@H]2[C@]2(C)C[C@H]3OCC(CO)=C3C[C@@H]12. The summed E-state index contributed by atoms with van der Waals surface area (Å²) in [6.45, 7) is 7.62. The highest BCUT2D eigenvalue weighted by Gasteiger charge is 2.64. The number of fused-ring (bicyclic) bond motifs is 4. The van der Waals surface area contributed by atoms with Crippen molar-refractivity contribution < 1.29 is 9.84 Å². The van der Waals surface area contributed by atoms with E-state index in [-0.39, 0.29) is 6.61 Å². The van der Waals surface area contributed by atoms with Crippen LogP contribution < -0.4 is 0 Å². The fourth-order valence-electron chi connectivity index (χ4n) is 4.78. The molecule has 17 heavy (non-hydrogen) atoms. The Morgan fingerprint density at radius 3 is 3.12 bits per heavy atom. The minimum Gasteiger partial charge on any atom is -0.392 e. The first-order chi connectivity index (χ1) is 8.15. The molecular weight excluding hydrogens is 212 g/mol. The number of ether oxygens (including phenoxy) is 1. The van der Waals surface area contributed by atoms with Gasteiger partial charge in [0, 0.05) is 0 Å². The highest BCUT2D eigenvalue weighted by atomic mass is 16.5. The van der Waals surface area contributed by atoms with Crippen LogP contribution in [0, 0.1) is 23.2 Å². The van der Waals surface area contributed by atoms with Gasteiger partial charge in [0.1, 0.15) is 0 Å². The lowest BCUT2D eigenvalue weighted by Gasteiger charge is -2.42. The smallest absolute Gasteiger partial charge is 0.0799 e. The van der Waals surface area contributed by atoms with E-state index >= 15 is 0 Å². The van der Waals surface area contributed by atoms with Crippen LogP contribution in [-0.2, 0) is 4.74 Å². The van der Waals surface area contributed by atoms with Crippen LogP contribution >= 0.6 is 0 Å². The normalized spacial score (nSPS) is 51.3. The fraction of sp³-hybridized carbons (Fsp3) is 0.733. The first kappa shape index (κ1) is 10.3. The summed E-state index contributed by atoms with van der Waals surface area (Å²) in [5.41, 5.74) is 4.47. The average Bonchev–Trinajstić information content (AvgIpc) is 2.99. The summed E-state index contributed by atoms with van der Waals surface area (Å²) in [6.07, 6.45) is 3.91. The molecule has 3 fully saturated rings. The zero-order chi connectivity index (χ0) is 11.8. The molecule has 0 saturated heterocycles. The van der Waals surface area contributed by atoms with Crippen molar-refractivity contribution in [1.29, 1.82) is 0 Å². The molecule has 4 aliphatic rings. The third-order valence-corrected chi connectivity index (χ3v) is 5.90. The van der Waals surface area contributed by atoms with E-state index in [1.807, 2.05) is 0 Å². The van der Waals surface area contributed by atoms with E-state index in [1.54, 1.807) is 0 Å². The molecule has 92 valence electrons. The quantitative estimate of drug-likeness (QED) is 0.703. The van der Waals surface area contributed by atoms with E-state index in [9.17, 15) is 5.11 Å². The molecule has 4 rings (SSSR count). The molecule has 0 aromatic heterocycles. The Kier molecular flexibility index (Phi) is 1.85. The van der Waals surface area contributed by atoms with Crippen molar-refractivity contribution in [2.45, 2.75) is 32.3 Å². The van der Waals surface area contributed by atoms with Gasteiger partial charge in [-0.15, -0.1) is 0 Å². The first-order valence-electron chi connectivity index (χ1n) is 6.77. The van der Waals surface area contributed by atoms with Gasteiger partial charge in [-0.1, -0.05) is 19.1 Å². The highest BCUT2D eigenvalue weighted by Crippen LogP contribution is 2.71. The monoisotopic (exact) mass is 232 g/mol. The van der Waals surface area contributed by atoms with Crippen LogP contribution in [0.4, 0.5) is 0 Å². The summed E-state index contributed by atoms with van der Waals surface area (Å²) >= 11 is 0. The lowest BCUT2D eigenvalue weighted by molar-refractivity contribution is 0.0299. The fourth-order valence-corrected chi connectivity index (χ4v) is 4.78. The lowest BCUT2D eigenvalue weighted by Crippen LogP contribution is -2.37. The van der Waals surface area contributed by atoms with Crippen LogP contribution in [0.3, 0.4) is 0 Å². The third kappa shape index (κ3) is 1.13. The molecule has 0 bridgehead atoms. The van der Waals surface area contributed by atoms with E-state index in [0.717, 1.165) is 30.3 Å². The van der Waals surface area contributed by atoms with Crippen molar-refractivity contribution in [1.82, 2.24) is 0 Å². The summed E-state index contributed by atoms with van der Waals surface area (Å²) in [4.78, 5) is 0. The van der Waals surface area contributed by atoms with Gasteiger partial charge in [-0.2, -0.15) is 0 Å². The minimum atomic E-state index is 0.175. The van der Waals surface area contributed by atoms with Crippen molar-refractivity contribution in [2.24, 2.45) is 23.2 Å². The average molecular weight is 232 g/mol. The summed E-state index contributed by atoms with van der Waals surface area (Å²) in [5.74, 6) is 2.34. The van der Waals surface area contributed by atoms with E-state index in [4.69, 9.17) is 4.74 Å². The number of allylic oxidation sites excluding steroid dienone is 1. The van der Waals surface area contributed by atoms with Crippen molar-refractivity contribution >= 4 is 0 Å². The van der Waals surface area contributed by atoms with Gasteiger partial charge in [0.05, 0.1) is 19.3 Å². The Morgan fingerprint density at radius 2 is 2.35 bits per heavy atom. The van der Waals surface area contributed by atoms with Crippen LogP contribution in [0.25, 0.3) is 0 Å². The highest BCUT2D eigenvalue weighted by molar-refractivity contribution is 5.37. The van der Waals surface area contributed by atoms with Crippen LogP contribution in [0.2, 0.25) is 0 Å². The predicted molar refractivity (Wildman–Crippen MR) is 65.4 cm³/mol. The Labute approximate surface area is 102 Å². The summed E-state index contributed by atoms with van der Waals surface area (Å²) in [5, 5.41) is 9.38. The van der Waals surface area contributed by atoms with E-state index in [2.05, 4.69) is 13.5 Å². The molecule has 5 atom stereocenters. The van der Waals surface area contributed by atoms with Gasteiger partial charge in [0.15, 0.2) is 0 Å². The van der Waals surface area contributed by atoms with Gasteiger partial charge in [0.2, 0.25) is 0 Å². The van der Waals surface area contributed by atoms with Gasteiger partial charge < -0.3 is 9.84 Å². The summed E-state index contributed by atoms with van der Waals surface area (Å²) in [6, 6.07) is 0. The molecule has 2 nitrogen and oxygen atoms in total. The second kappa shape index (κ2) is 3.04. The zero-order valence-corrected chi connectivity index (χ0v) is 10.4. The first-order valence-corrected chi connectivity index (χ1v) is 6.77. The molecule has 1 aliphatic heterocycles. The predicted octanol–water partition coefficient (Wildman–Crippen LogP) is 2.30. The summed E-state index contributed by atoms with van der Waals surface area (Å²) in [7, 11) is 0. The minimum absolute atomic E-state index is 0.175. The van der Waals surface area contributed by atoms with Gasteiger partial charge >= 0.3 is 0 Å². The van der Waals surface area contributed by atoms with E-state index in [1.165, 1.54) is 17.6 Å². The van der Waals surface area contributed by atoms with Gasteiger partial charge in [0.25, 0.3) is 0 Å².